The van der Waals surface area contributed by atoms with Crippen LogP contribution in [0.2, 0.25) is 0 Å². The second kappa shape index (κ2) is 18.8. The number of sulfonamides is 1. The van der Waals surface area contributed by atoms with Gasteiger partial charge in [-0.2, -0.15) is 4.98 Å². The summed E-state index contributed by atoms with van der Waals surface area (Å²) < 4.78 is 48.0. The first kappa shape index (κ1) is 46.9. The summed E-state index contributed by atoms with van der Waals surface area (Å²) >= 11 is 0. The number of H-pyrrole nitrogens is 1. The summed E-state index contributed by atoms with van der Waals surface area (Å²) in [6.45, 7) is 11.3. The Balaban J connectivity index is 0.874. The van der Waals surface area contributed by atoms with Crippen LogP contribution in [0.25, 0.3) is 11.0 Å². The van der Waals surface area contributed by atoms with Gasteiger partial charge in [0, 0.05) is 68.2 Å². The van der Waals surface area contributed by atoms with Crippen LogP contribution in [0.4, 0.5) is 17.2 Å². The molecule has 17 nitrogen and oxygen atoms in total. The number of pyridine rings is 2. The lowest BCUT2D eigenvalue weighted by molar-refractivity contribution is -0.384. The van der Waals surface area contributed by atoms with Gasteiger partial charge in [0.25, 0.3) is 21.8 Å². The molecule has 1 amide bonds. The Kier molecular flexibility index (Phi) is 12.8. The van der Waals surface area contributed by atoms with Gasteiger partial charge in [0.1, 0.15) is 22.4 Å². The van der Waals surface area contributed by atoms with Gasteiger partial charge in [-0.15, -0.1) is 0 Å². The van der Waals surface area contributed by atoms with Gasteiger partial charge in [-0.3, -0.25) is 19.8 Å². The summed E-state index contributed by atoms with van der Waals surface area (Å²) in [7, 11) is -4.68. The number of anilines is 2. The molecule has 6 heterocycles. The molecule has 3 saturated heterocycles. The van der Waals surface area contributed by atoms with Crippen LogP contribution < -0.4 is 24.4 Å². The highest BCUT2D eigenvalue weighted by atomic mass is 32.2. The van der Waals surface area contributed by atoms with Crippen molar-refractivity contribution in [1.82, 2.24) is 24.6 Å². The molecule has 2 aromatic carbocycles. The lowest BCUT2D eigenvalue weighted by Crippen LogP contribution is -2.63. The highest BCUT2D eigenvalue weighted by Crippen LogP contribution is 2.49. The monoisotopic (exact) mass is 962 g/mol. The standard InChI is InChI=1S/C51H62N8O9S/c1-32(2)38-7-4-5-8-39(38)40-9-6-10-42(40)58-30-51(31-58)18-21-57(22-19-51)35-11-12-41(44(24-35)68-45-23-34-15-20-52-46(34)55-49(45)67-36-28-66-29-36)48(60)56-69(64,65)37-25-43(59(62)63)47(54-27-37)53-26-33-13-16-50(3,61)17-14-33/h4-5,7-8,11-12,15,20,23-25,27,32-33,36,40,42,61H,6,9-10,13-14,16-19,21-22,26,28-31H2,1-3H3,(H,52,55)(H,53,54)(H,56,60)/t33-,40-,42-,50-/m1/s1. The van der Waals surface area contributed by atoms with Crippen LogP contribution in [0.3, 0.4) is 0 Å². The van der Waals surface area contributed by atoms with Crippen LogP contribution in [0.5, 0.6) is 17.4 Å². The molecule has 366 valence electrons. The average Bonchev–Trinajstić information content (AvgIpc) is 3.98. The van der Waals surface area contributed by atoms with Gasteiger partial charge in [-0.1, -0.05) is 44.5 Å². The van der Waals surface area contributed by atoms with E-state index in [1.807, 2.05) is 6.07 Å². The van der Waals surface area contributed by atoms with Crippen molar-refractivity contribution in [3.63, 3.8) is 0 Å². The molecule has 3 aliphatic heterocycles. The molecule has 2 saturated carbocycles. The fourth-order valence-electron chi connectivity index (χ4n) is 11.2. The third-order valence-corrected chi connectivity index (χ3v) is 16.6. The number of carbonyl (C=O) groups excluding carboxylic acids is 1. The number of amides is 1. The number of nitro groups is 1. The molecule has 1 spiro atoms. The van der Waals surface area contributed by atoms with Crippen LogP contribution in [0.1, 0.15) is 112 Å². The van der Waals surface area contributed by atoms with Crippen molar-refractivity contribution in [1.29, 1.82) is 0 Å². The highest BCUT2D eigenvalue weighted by Gasteiger charge is 2.49. The lowest BCUT2D eigenvalue weighted by atomic mass is 9.70. The summed E-state index contributed by atoms with van der Waals surface area (Å²) in [6, 6.07) is 19.1. The van der Waals surface area contributed by atoms with Crippen molar-refractivity contribution in [2.24, 2.45) is 11.3 Å². The summed E-state index contributed by atoms with van der Waals surface area (Å²) in [5.41, 5.74) is 3.23. The number of rotatable bonds is 15. The first-order chi connectivity index (χ1) is 33.1. The predicted molar refractivity (Wildman–Crippen MR) is 261 cm³/mol. The molecule has 10 rings (SSSR count). The zero-order valence-electron chi connectivity index (χ0n) is 39.5. The molecule has 2 aliphatic carbocycles. The predicted octanol–water partition coefficient (Wildman–Crippen LogP) is 8.27. The fraction of sp³-hybridized carbons (Fsp3) is 0.510. The molecule has 5 aliphatic rings. The van der Waals surface area contributed by atoms with Gasteiger partial charge in [-0.05, 0) is 117 Å². The van der Waals surface area contributed by atoms with E-state index in [0.717, 1.165) is 75.2 Å². The van der Waals surface area contributed by atoms with E-state index in [2.05, 4.69) is 72.9 Å². The second-order valence-electron chi connectivity index (χ2n) is 20.6. The minimum Gasteiger partial charge on any atom is -0.467 e. The zero-order chi connectivity index (χ0) is 48.1. The topological polar surface area (TPSA) is 214 Å². The number of ether oxygens (including phenoxy) is 3. The normalized spacial score (nSPS) is 24.0. The van der Waals surface area contributed by atoms with Crippen molar-refractivity contribution in [3.8, 4) is 17.4 Å². The number of hydrogen-bond donors (Lipinski definition) is 4. The van der Waals surface area contributed by atoms with Crippen molar-refractivity contribution in [3.05, 3.63) is 99.9 Å². The Hall–Kier alpha value is -5.82. The van der Waals surface area contributed by atoms with E-state index in [0.29, 0.717) is 56.1 Å². The number of nitrogens with zero attached hydrogens (tertiary/aromatic N) is 5. The van der Waals surface area contributed by atoms with Crippen LogP contribution in [-0.2, 0) is 14.8 Å². The number of nitrogens with one attached hydrogen (secondary N) is 3. The fourth-order valence-corrected chi connectivity index (χ4v) is 12.1. The van der Waals surface area contributed by atoms with Gasteiger partial charge in [-0.25, -0.2) is 18.1 Å². The number of benzene rings is 2. The second-order valence-corrected chi connectivity index (χ2v) is 22.3. The number of aromatic amines is 1. The Labute approximate surface area is 402 Å². The smallest absolute Gasteiger partial charge is 0.312 e. The number of aliphatic hydroxyl groups is 1. The van der Waals surface area contributed by atoms with Crippen molar-refractivity contribution >= 4 is 44.2 Å². The molecular formula is C51H62N8O9S. The Morgan fingerprint density at radius 1 is 1.01 bits per heavy atom. The van der Waals surface area contributed by atoms with E-state index in [9.17, 15) is 28.4 Å². The van der Waals surface area contributed by atoms with Crippen LogP contribution in [0, 0.1) is 21.4 Å². The molecule has 5 aromatic rings. The van der Waals surface area contributed by atoms with Crippen LogP contribution in [0.15, 0.2) is 78.0 Å². The molecule has 3 aromatic heterocycles. The minimum absolute atomic E-state index is 0.0727. The molecule has 0 unspecified atom stereocenters. The SMILES string of the molecule is CC(C)c1ccccc1[C@H]1CCC[C@H]1N1CC2(CCN(c3ccc(C(=O)NS(=O)(=O)c4cnc(NC[C@H]5CC[C@](C)(O)CC5)c([N+](=O)[O-])c4)c(Oc4cc5cc[nH]c5nc4OC4COC4)c3)CC2)C1. The summed E-state index contributed by atoms with van der Waals surface area (Å²) in [6.07, 6.45) is 10.9. The number of aromatic nitrogens is 3. The van der Waals surface area contributed by atoms with Crippen LogP contribution in [-0.4, -0.2) is 108 Å². The molecule has 5 fully saturated rings. The number of carbonyl (C=O) groups is 1. The average molecular weight is 963 g/mol. The van der Waals surface area contributed by atoms with E-state index >= 15 is 0 Å². The van der Waals surface area contributed by atoms with Gasteiger partial charge in [0.05, 0.1) is 35.5 Å². The molecule has 18 heteroatoms. The van der Waals surface area contributed by atoms with E-state index in [1.165, 1.54) is 30.4 Å². The van der Waals surface area contributed by atoms with Gasteiger partial charge >= 0.3 is 5.69 Å². The zero-order valence-corrected chi connectivity index (χ0v) is 40.3. The first-order valence-electron chi connectivity index (χ1n) is 24.4. The third-order valence-electron chi connectivity index (χ3n) is 15.3. The highest BCUT2D eigenvalue weighted by molar-refractivity contribution is 7.90. The lowest BCUT2D eigenvalue weighted by Gasteiger charge is -2.57. The van der Waals surface area contributed by atoms with Gasteiger partial charge in [0.2, 0.25) is 5.82 Å². The van der Waals surface area contributed by atoms with Gasteiger partial charge < -0.3 is 34.5 Å². The Morgan fingerprint density at radius 2 is 1.78 bits per heavy atom. The quantitative estimate of drug-likeness (QED) is 0.0574. The number of fused-ring (bicyclic) bond motifs is 1. The molecule has 69 heavy (non-hydrogen) atoms. The van der Waals surface area contributed by atoms with Gasteiger partial charge in [0.15, 0.2) is 5.75 Å². The van der Waals surface area contributed by atoms with Crippen molar-refractivity contribution < 1.29 is 37.5 Å². The third kappa shape index (κ3) is 9.85. The van der Waals surface area contributed by atoms with Crippen LogP contribution >= 0.6 is 0 Å². The molecular weight excluding hydrogens is 901 g/mol. The van der Waals surface area contributed by atoms with E-state index in [1.54, 1.807) is 37.4 Å². The Bertz CT molecular complexity index is 2820. The van der Waals surface area contributed by atoms with E-state index < -0.39 is 37.0 Å². The number of likely N-dealkylation sites (tertiary alicyclic amines) is 1. The summed E-state index contributed by atoms with van der Waals surface area (Å²) in [4.78, 5) is 42.1. The molecule has 0 bridgehead atoms. The van der Waals surface area contributed by atoms with E-state index in [4.69, 9.17) is 14.2 Å². The largest absolute Gasteiger partial charge is 0.467 e. The minimum atomic E-state index is -4.68. The first-order valence-corrected chi connectivity index (χ1v) is 25.9. The number of piperidine rings is 1. The maximum Gasteiger partial charge on any atom is 0.312 e. The maximum atomic E-state index is 14.2. The molecule has 2 atom stereocenters. The van der Waals surface area contributed by atoms with Crippen molar-refractivity contribution in [2.75, 3.05) is 56.2 Å². The maximum absolute atomic E-state index is 14.2. The molecule has 0 radical (unpaired) electrons. The van der Waals surface area contributed by atoms with Crippen molar-refractivity contribution in [2.45, 2.75) is 113 Å². The van der Waals surface area contributed by atoms with E-state index in [-0.39, 0.29) is 46.2 Å². The molecule has 4 N–H and O–H groups in total. The Morgan fingerprint density at radius 3 is 2.51 bits per heavy atom. The summed E-state index contributed by atoms with van der Waals surface area (Å²) in [5, 5.41) is 26.3. The summed E-state index contributed by atoms with van der Waals surface area (Å²) in [5.74, 6) is 0.579. The number of hydrogen-bond acceptors (Lipinski definition) is 14.